The number of benzene rings is 1. The quantitative estimate of drug-likeness (QED) is 0.478. The Morgan fingerprint density at radius 1 is 1.53 bits per heavy atom. The molecule has 1 aliphatic rings. The second kappa shape index (κ2) is 6.83. The van der Waals surface area contributed by atoms with Gasteiger partial charge in [0.2, 0.25) is 0 Å². The summed E-state index contributed by atoms with van der Waals surface area (Å²) >= 11 is 0. The van der Waals surface area contributed by atoms with Gasteiger partial charge in [-0.3, -0.25) is 0 Å². The molecule has 19 heavy (non-hydrogen) atoms. The summed E-state index contributed by atoms with van der Waals surface area (Å²) in [5, 5.41) is 9.72. The fraction of sp³-hybridized carbons (Fsp3) is 0.462. The summed E-state index contributed by atoms with van der Waals surface area (Å²) in [6.07, 6.45) is 2.36. The molecule has 1 aromatic carbocycles. The predicted octanol–water partition coefficient (Wildman–Crippen LogP) is 1.93. The summed E-state index contributed by atoms with van der Waals surface area (Å²) in [4.78, 5) is 6.28. The predicted molar refractivity (Wildman–Crippen MR) is 86.2 cm³/mol. The third-order valence-electron chi connectivity index (χ3n) is 3.15. The third-order valence-corrected chi connectivity index (χ3v) is 3.15. The second-order valence-electron chi connectivity index (χ2n) is 4.51. The number of nitrogens with zero attached hydrogens (tertiary/aromatic N) is 2. The summed E-state index contributed by atoms with van der Waals surface area (Å²) < 4.78 is 5.11. The standard InChI is InChI=1S/C13H19N3O2.HI/c1-16(10-3-4-10)13(14)15-8-9-7-11(18-2)5-6-12(9)17;/h5-7,10,17H,3-4,8H2,1-2H3,(H2,14,15);1H. The minimum Gasteiger partial charge on any atom is -0.508 e. The monoisotopic (exact) mass is 377 g/mol. The number of methoxy groups -OCH3 is 1. The SMILES string of the molecule is COc1ccc(O)c(CN=C(N)N(C)C2CC2)c1.I. The van der Waals surface area contributed by atoms with E-state index in [4.69, 9.17) is 10.5 Å². The summed E-state index contributed by atoms with van der Waals surface area (Å²) in [6.45, 7) is 0.353. The van der Waals surface area contributed by atoms with Crippen LogP contribution in [0.15, 0.2) is 23.2 Å². The number of hydrogen-bond acceptors (Lipinski definition) is 3. The largest absolute Gasteiger partial charge is 0.508 e. The van der Waals surface area contributed by atoms with Crippen molar-refractivity contribution in [3.63, 3.8) is 0 Å². The molecule has 1 aliphatic carbocycles. The molecule has 0 aliphatic heterocycles. The van der Waals surface area contributed by atoms with Gasteiger partial charge >= 0.3 is 0 Å². The lowest BCUT2D eigenvalue weighted by atomic mass is 10.2. The van der Waals surface area contributed by atoms with Crippen molar-refractivity contribution in [1.82, 2.24) is 4.90 Å². The first-order chi connectivity index (χ1) is 8.61. The molecular weight excluding hydrogens is 357 g/mol. The highest BCUT2D eigenvalue weighted by Crippen LogP contribution is 2.26. The van der Waals surface area contributed by atoms with Gasteiger partial charge in [0.05, 0.1) is 13.7 Å². The van der Waals surface area contributed by atoms with E-state index in [1.807, 2.05) is 11.9 Å². The van der Waals surface area contributed by atoms with E-state index < -0.39 is 0 Å². The maximum absolute atomic E-state index is 9.72. The molecule has 0 atom stereocenters. The van der Waals surface area contributed by atoms with Crippen molar-refractivity contribution in [1.29, 1.82) is 0 Å². The number of aromatic hydroxyl groups is 1. The lowest BCUT2D eigenvalue weighted by molar-refractivity contribution is 0.410. The lowest BCUT2D eigenvalue weighted by Crippen LogP contribution is -2.35. The topological polar surface area (TPSA) is 71.1 Å². The number of aliphatic imine (C=N–C) groups is 1. The number of halogens is 1. The van der Waals surface area contributed by atoms with Crippen LogP contribution >= 0.6 is 24.0 Å². The Kier molecular flexibility index (Phi) is 5.71. The van der Waals surface area contributed by atoms with E-state index >= 15 is 0 Å². The zero-order valence-corrected chi connectivity index (χ0v) is 13.5. The van der Waals surface area contributed by atoms with Crippen LogP contribution in [0.5, 0.6) is 11.5 Å². The van der Waals surface area contributed by atoms with Crippen LogP contribution < -0.4 is 10.5 Å². The molecule has 0 amide bonds. The van der Waals surface area contributed by atoms with Crippen LogP contribution in [-0.2, 0) is 6.54 Å². The number of phenolic OH excluding ortho intramolecular Hbond substituents is 1. The molecule has 0 unspecified atom stereocenters. The molecule has 0 saturated heterocycles. The van der Waals surface area contributed by atoms with E-state index in [-0.39, 0.29) is 29.7 Å². The van der Waals surface area contributed by atoms with Gasteiger partial charge in [-0.2, -0.15) is 0 Å². The summed E-state index contributed by atoms with van der Waals surface area (Å²) in [7, 11) is 3.54. The molecule has 1 fully saturated rings. The summed E-state index contributed by atoms with van der Waals surface area (Å²) in [5.41, 5.74) is 6.60. The maximum atomic E-state index is 9.72. The van der Waals surface area contributed by atoms with Gasteiger partial charge in [-0.25, -0.2) is 4.99 Å². The molecule has 1 aromatic rings. The first-order valence-electron chi connectivity index (χ1n) is 6.00. The van der Waals surface area contributed by atoms with Gasteiger partial charge in [-0.05, 0) is 31.0 Å². The summed E-state index contributed by atoms with van der Waals surface area (Å²) in [5.74, 6) is 1.42. The zero-order valence-electron chi connectivity index (χ0n) is 11.2. The Labute approximate surface area is 130 Å². The van der Waals surface area contributed by atoms with Crippen molar-refractivity contribution in [2.45, 2.75) is 25.4 Å². The van der Waals surface area contributed by atoms with E-state index in [9.17, 15) is 5.11 Å². The molecule has 2 rings (SSSR count). The van der Waals surface area contributed by atoms with E-state index in [0.29, 0.717) is 29.9 Å². The molecule has 0 aromatic heterocycles. The zero-order chi connectivity index (χ0) is 13.1. The summed E-state index contributed by atoms with van der Waals surface area (Å²) in [6, 6.07) is 5.61. The average molecular weight is 377 g/mol. The molecule has 0 heterocycles. The first-order valence-corrected chi connectivity index (χ1v) is 6.00. The van der Waals surface area contributed by atoms with Gasteiger partial charge in [0.1, 0.15) is 11.5 Å². The van der Waals surface area contributed by atoms with E-state index in [2.05, 4.69) is 4.99 Å². The van der Waals surface area contributed by atoms with Crippen molar-refractivity contribution in [3.05, 3.63) is 23.8 Å². The van der Waals surface area contributed by atoms with Crippen LogP contribution in [0.3, 0.4) is 0 Å². The smallest absolute Gasteiger partial charge is 0.191 e. The van der Waals surface area contributed by atoms with E-state index in [1.165, 1.54) is 12.8 Å². The normalized spacial score (nSPS) is 14.7. The number of nitrogens with two attached hydrogens (primary N) is 1. The Bertz CT molecular complexity index is 461. The average Bonchev–Trinajstić information content (AvgIpc) is 3.20. The van der Waals surface area contributed by atoms with Crippen LogP contribution in [0.25, 0.3) is 0 Å². The number of ether oxygens (including phenoxy) is 1. The number of guanidine groups is 1. The van der Waals surface area contributed by atoms with Crippen molar-refractivity contribution in [2.75, 3.05) is 14.2 Å². The van der Waals surface area contributed by atoms with Crippen LogP contribution in [-0.4, -0.2) is 36.2 Å². The molecule has 6 heteroatoms. The second-order valence-corrected chi connectivity index (χ2v) is 4.51. The molecule has 0 spiro atoms. The van der Waals surface area contributed by atoms with Crippen molar-refractivity contribution in [2.24, 2.45) is 10.7 Å². The molecular formula is C13H20IN3O2. The van der Waals surface area contributed by atoms with Gasteiger partial charge in [0.25, 0.3) is 0 Å². The minimum atomic E-state index is 0. The first kappa shape index (κ1) is 15.9. The van der Waals surface area contributed by atoms with Gasteiger partial charge in [0, 0.05) is 18.7 Å². The van der Waals surface area contributed by atoms with Crippen LogP contribution in [0.4, 0.5) is 0 Å². The van der Waals surface area contributed by atoms with Gasteiger partial charge in [0.15, 0.2) is 5.96 Å². The number of phenols is 1. The molecule has 1 saturated carbocycles. The van der Waals surface area contributed by atoms with Crippen LogP contribution in [0.2, 0.25) is 0 Å². The molecule has 0 radical (unpaired) electrons. The van der Waals surface area contributed by atoms with Gasteiger partial charge in [-0.15, -0.1) is 24.0 Å². The van der Waals surface area contributed by atoms with Crippen molar-refractivity contribution < 1.29 is 9.84 Å². The maximum Gasteiger partial charge on any atom is 0.191 e. The highest BCUT2D eigenvalue weighted by molar-refractivity contribution is 14.0. The van der Waals surface area contributed by atoms with Gasteiger partial charge < -0.3 is 20.5 Å². The molecule has 5 nitrogen and oxygen atoms in total. The van der Waals surface area contributed by atoms with Crippen molar-refractivity contribution >= 4 is 29.9 Å². The fourth-order valence-corrected chi connectivity index (χ4v) is 1.74. The molecule has 0 bridgehead atoms. The van der Waals surface area contributed by atoms with E-state index in [0.717, 1.165) is 0 Å². The number of hydrogen-bond donors (Lipinski definition) is 2. The van der Waals surface area contributed by atoms with E-state index in [1.54, 1.807) is 25.3 Å². The molecule has 106 valence electrons. The van der Waals surface area contributed by atoms with Crippen LogP contribution in [0, 0.1) is 0 Å². The highest BCUT2D eigenvalue weighted by Gasteiger charge is 2.27. The van der Waals surface area contributed by atoms with Crippen molar-refractivity contribution in [3.8, 4) is 11.5 Å². The Hall–Kier alpha value is -1.18. The van der Waals surface area contributed by atoms with Gasteiger partial charge in [-0.1, -0.05) is 0 Å². The lowest BCUT2D eigenvalue weighted by Gasteiger charge is -2.17. The highest BCUT2D eigenvalue weighted by atomic mass is 127. The fourth-order valence-electron chi connectivity index (χ4n) is 1.74. The third kappa shape index (κ3) is 4.15. The number of rotatable bonds is 4. The minimum absolute atomic E-state index is 0. The van der Waals surface area contributed by atoms with Crippen LogP contribution in [0.1, 0.15) is 18.4 Å². The Morgan fingerprint density at radius 2 is 2.21 bits per heavy atom. The molecule has 3 N–H and O–H groups in total. The Balaban J connectivity index is 0.00000180. The Morgan fingerprint density at radius 3 is 2.79 bits per heavy atom.